The van der Waals surface area contributed by atoms with Gasteiger partial charge in [-0.15, -0.1) is 0 Å². The first-order chi connectivity index (χ1) is 10.3. The fraction of sp³-hybridized carbons (Fsp3) is 0.294. The third-order valence-corrected chi connectivity index (χ3v) is 3.31. The third-order valence-electron chi connectivity index (χ3n) is 3.31. The Morgan fingerprint density at radius 3 is 2.57 bits per heavy atom. The van der Waals surface area contributed by atoms with Crippen LogP contribution in [0, 0.1) is 0 Å². The van der Waals surface area contributed by atoms with Crippen molar-refractivity contribution >= 4 is 11.7 Å². The van der Waals surface area contributed by atoms with E-state index in [9.17, 15) is 4.79 Å². The highest BCUT2D eigenvalue weighted by atomic mass is 16.1. The van der Waals surface area contributed by atoms with Crippen molar-refractivity contribution in [3.63, 3.8) is 0 Å². The van der Waals surface area contributed by atoms with Gasteiger partial charge in [-0.1, -0.05) is 37.3 Å². The Labute approximate surface area is 125 Å². The second-order valence-corrected chi connectivity index (χ2v) is 4.77. The zero-order valence-corrected chi connectivity index (χ0v) is 12.5. The summed E-state index contributed by atoms with van der Waals surface area (Å²) >= 11 is 0. The van der Waals surface area contributed by atoms with Crippen LogP contribution in [0.15, 0.2) is 48.7 Å². The van der Waals surface area contributed by atoms with Gasteiger partial charge in [0.25, 0.3) is 5.91 Å². The van der Waals surface area contributed by atoms with E-state index in [1.807, 2.05) is 37.3 Å². The van der Waals surface area contributed by atoms with Crippen LogP contribution in [-0.2, 0) is 0 Å². The minimum Gasteiger partial charge on any atom is -0.370 e. The zero-order chi connectivity index (χ0) is 15.1. The standard InChI is InChI=1S/C17H21N3O/c1-3-15(13-9-6-5-7-10-13)20-17(21)14-11-8-12-19-16(14)18-4-2/h5-12,15H,3-4H2,1-2H3,(H,18,19)(H,20,21). The van der Waals surface area contributed by atoms with Crippen LogP contribution in [0.5, 0.6) is 0 Å². The third kappa shape index (κ3) is 3.81. The molecule has 0 bridgehead atoms. The predicted molar refractivity (Wildman–Crippen MR) is 85.3 cm³/mol. The van der Waals surface area contributed by atoms with Gasteiger partial charge in [-0.25, -0.2) is 4.98 Å². The molecule has 2 N–H and O–H groups in total. The molecule has 0 fully saturated rings. The average Bonchev–Trinajstić information content (AvgIpc) is 2.54. The van der Waals surface area contributed by atoms with Crippen molar-refractivity contribution in [1.82, 2.24) is 10.3 Å². The van der Waals surface area contributed by atoms with Crippen molar-refractivity contribution in [2.24, 2.45) is 0 Å². The number of hydrogen-bond donors (Lipinski definition) is 2. The molecule has 21 heavy (non-hydrogen) atoms. The van der Waals surface area contributed by atoms with Crippen LogP contribution in [0.25, 0.3) is 0 Å². The van der Waals surface area contributed by atoms with E-state index in [0.29, 0.717) is 11.4 Å². The SMILES string of the molecule is CCNc1ncccc1C(=O)NC(CC)c1ccccc1. The number of anilines is 1. The summed E-state index contributed by atoms with van der Waals surface area (Å²) in [4.78, 5) is 16.7. The van der Waals surface area contributed by atoms with Crippen LogP contribution in [0.3, 0.4) is 0 Å². The maximum atomic E-state index is 12.5. The van der Waals surface area contributed by atoms with Crippen molar-refractivity contribution in [1.29, 1.82) is 0 Å². The number of nitrogens with zero attached hydrogens (tertiary/aromatic N) is 1. The first-order valence-corrected chi connectivity index (χ1v) is 7.31. The lowest BCUT2D eigenvalue weighted by Gasteiger charge is -2.18. The maximum Gasteiger partial charge on any atom is 0.255 e. The molecule has 1 unspecified atom stereocenters. The normalized spacial score (nSPS) is 11.7. The maximum absolute atomic E-state index is 12.5. The van der Waals surface area contributed by atoms with E-state index in [-0.39, 0.29) is 11.9 Å². The number of nitrogens with one attached hydrogen (secondary N) is 2. The number of rotatable bonds is 6. The molecule has 4 nitrogen and oxygen atoms in total. The monoisotopic (exact) mass is 283 g/mol. The molecule has 1 aromatic carbocycles. The van der Waals surface area contributed by atoms with E-state index < -0.39 is 0 Å². The van der Waals surface area contributed by atoms with Crippen LogP contribution < -0.4 is 10.6 Å². The number of amides is 1. The van der Waals surface area contributed by atoms with Gasteiger partial charge < -0.3 is 10.6 Å². The summed E-state index contributed by atoms with van der Waals surface area (Å²) in [6, 6.07) is 13.6. The molecule has 1 amide bonds. The highest BCUT2D eigenvalue weighted by Gasteiger charge is 2.16. The van der Waals surface area contributed by atoms with Crippen LogP contribution in [0.4, 0.5) is 5.82 Å². The summed E-state index contributed by atoms with van der Waals surface area (Å²) in [5.41, 5.74) is 1.69. The van der Waals surface area contributed by atoms with Gasteiger partial charge in [-0.2, -0.15) is 0 Å². The summed E-state index contributed by atoms with van der Waals surface area (Å²) in [7, 11) is 0. The van der Waals surface area contributed by atoms with Crippen LogP contribution in [0.2, 0.25) is 0 Å². The Balaban J connectivity index is 2.17. The number of hydrogen-bond acceptors (Lipinski definition) is 3. The number of pyridine rings is 1. The van der Waals surface area contributed by atoms with Gasteiger partial charge in [-0.05, 0) is 31.0 Å². The lowest BCUT2D eigenvalue weighted by atomic mass is 10.0. The van der Waals surface area contributed by atoms with Gasteiger partial charge in [-0.3, -0.25) is 4.79 Å². The minimum absolute atomic E-state index is 0.00776. The second kappa shape index (κ2) is 7.43. The molecule has 0 saturated carbocycles. The van der Waals surface area contributed by atoms with Gasteiger partial charge >= 0.3 is 0 Å². The summed E-state index contributed by atoms with van der Waals surface area (Å²) in [5, 5.41) is 6.20. The van der Waals surface area contributed by atoms with Gasteiger partial charge in [0.15, 0.2) is 0 Å². The largest absolute Gasteiger partial charge is 0.370 e. The Morgan fingerprint density at radius 2 is 1.90 bits per heavy atom. The van der Waals surface area contributed by atoms with E-state index in [4.69, 9.17) is 0 Å². The van der Waals surface area contributed by atoms with E-state index in [1.54, 1.807) is 18.3 Å². The van der Waals surface area contributed by atoms with E-state index >= 15 is 0 Å². The summed E-state index contributed by atoms with van der Waals surface area (Å²) in [6.45, 7) is 4.77. The number of carbonyl (C=O) groups excluding carboxylic acids is 1. The fourth-order valence-electron chi connectivity index (χ4n) is 2.24. The Hall–Kier alpha value is -2.36. The van der Waals surface area contributed by atoms with Gasteiger partial charge in [0.05, 0.1) is 11.6 Å². The van der Waals surface area contributed by atoms with E-state index in [2.05, 4.69) is 22.5 Å². The van der Waals surface area contributed by atoms with E-state index in [1.165, 1.54) is 0 Å². The number of benzene rings is 1. The second-order valence-electron chi connectivity index (χ2n) is 4.77. The molecule has 1 aromatic heterocycles. The molecule has 4 heteroatoms. The van der Waals surface area contributed by atoms with Gasteiger partial charge in [0, 0.05) is 12.7 Å². The van der Waals surface area contributed by atoms with Crippen molar-refractivity contribution in [2.45, 2.75) is 26.3 Å². The first kappa shape index (κ1) is 15.0. The molecule has 0 saturated heterocycles. The lowest BCUT2D eigenvalue weighted by Crippen LogP contribution is -2.29. The Bertz CT molecular complexity index is 584. The Morgan fingerprint density at radius 1 is 1.14 bits per heavy atom. The van der Waals surface area contributed by atoms with Crippen LogP contribution in [-0.4, -0.2) is 17.4 Å². The smallest absolute Gasteiger partial charge is 0.255 e. The molecule has 2 rings (SSSR count). The van der Waals surface area contributed by atoms with Crippen molar-refractivity contribution in [3.05, 3.63) is 59.8 Å². The van der Waals surface area contributed by atoms with Gasteiger partial charge in [0.2, 0.25) is 0 Å². The lowest BCUT2D eigenvalue weighted by molar-refractivity contribution is 0.0936. The quantitative estimate of drug-likeness (QED) is 0.854. The van der Waals surface area contributed by atoms with Crippen LogP contribution in [0.1, 0.15) is 42.2 Å². The number of aromatic nitrogens is 1. The van der Waals surface area contributed by atoms with Gasteiger partial charge in [0.1, 0.15) is 5.82 Å². The first-order valence-electron chi connectivity index (χ1n) is 7.31. The topological polar surface area (TPSA) is 54.0 Å². The molecule has 0 aliphatic carbocycles. The summed E-state index contributed by atoms with van der Waals surface area (Å²) < 4.78 is 0. The summed E-state index contributed by atoms with van der Waals surface area (Å²) in [5.74, 6) is 0.523. The Kier molecular flexibility index (Phi) is 5.32. The highest BCUT2D eigenvalue weighted by Crippen LogP contribution is 2.18. The molecular formula is C17H21N3O. The highest BCUT2D eigenvalue weighted by molar-refractivity contribution is 5.98. The molecule has 0 aliphatic rings. The van der Waals surface area contributed by atoms with Crippen molar-refractivity contribution < 1.29 is 4.79 Å². The van der Waals surface area contributed by atoms with Crippen molar-refractivity contribution in [3.8, 4) is 0 Å². The van der Waals surface area contributed by atoms with Crippen molar-refractivity contribution in [2.75, 3.05) is 11.9 Å². The molecule has 0 aliphatic heterocycles. The molecular weight excluding hydrogens is 262 g/mol. The minimum atomic E-state index is -0.102. The van der Waals surface area contributed by atoms with Crippen LogP contribution >= 0.6 is 0 Å². The molecule has 110 valence electrons. The molecule has 2 aromatic rings. The predicted octanol–water partition coefficient (Wildman–Crippen LogP) is 3.39. The molecule has 0 radical (unpaired) electrons. The number of carbonyl (C=O) groups is 1. The summed E-state index contributed by atoms with van der Waals surface area (Å²) in [6.07, 6.45) is 2.52. The fourth-order valence-corrected chi connectivity index (χ4v) is 2.24. The molecule has 1 heterocycles. The molecule has 0 spiro atoms. The average molecular weight is 283 g/mol. The molecule has 1 atom stereocenters. The zero-order valence-electron chi connectivity index (χ0n) is 12.5. The van der Waals surface area contributed by atoms with E-state index in [0.717, 1.165) is 18.5 Å².